The molecule has 0 aliphatic carbocycles. The van der Waals surface area contributed by atoms with Gasteiger partial charge in [0.05, 0.1) is 11.4 Å². The molecule has 7 heteroatoms. The summed E-state index contributed by atoms with van der Waals surface area (Å²) < 4.78 is 22.8. The molecule has 2 aromatic carbocycles. The van der Waals surface area contributed by atoms with Crippen LogP contribution in [0.3, 0.4) is 0 Å². The molecule has 0 aromatic heterocycles. The SMILES string of the molecule is C[C@@H]1Cc2ccccc2N1CC(=O)Nc1cccc(S(N)(=O)=O)c1. The van der Waals surface area contributed by atoms with Gasteiger partial charge in [-0.25, -0.2) is 13.6 Å². The summed E-state index contributed by atoms with van der Waals surface area (Å²) >= 11 is 0. The molecule has 1 aliphatic rings. The van der Waals surface area contributed by atoms with E-state index in [0.29, 0.717) is 5.69 Å². The molecule has 1 heterocycles. The Kier molecular flexibility index (Phi) is 4.29. The molecule has 3 N–H and O–H groups in total. The average Bonchev–Trinajstić information content (AvgIpc) is 2.83. The number of primary sulfonamides is 1. The van der Waals surface area contributed by atoms with E-state index < -0.39 is 10.0 Å². The highest BCUT2D eigenvalue weighted by Crippen LogP contribution is 2.31. The summed E-state index contributed by atoms with van der Waals surface area (Å²) in [6, 6.07) is 14.2. The summed E-state index contributed by atoms with van der Waals surface area (Å²) in [5.41, 5.74) is 2.71. The van der Waals surface area contributed by atoms with Gasteiger partial charge < -0.3 is 10.2 Å². The van der Waals surface area contributed by atoms with Gasteiger partial charge in [-0.15, -0.1) is 0 Å². The third-order valence-electron chi connectivity index (χ3n) is 4.11. The van der Waals surface area contributed by atoms with Crippen molar-refractivity contribution in [1.82, 2.24) is 0 Å². The lowest BCUT2D eigenvalue weighted by Gasteiger charge is -2.24. The fraction of sp³-hybridized carbons (Fsp3) is 0.235. The number of carbonyl (C=O) groups is 1. The standard InChI is InChI=1S/C17H19N3O3S/c1-12-9-13-5-2-3-8-16(13)20(12)11-17(21)19-14-6-4-7-15(10-14)24(18,22)23/h2-8,10,12H,9,11H2,1H3,(H,19,21)(H2,18,22,23)/t12-/m1/s1. The van der Waals surface area contributed by atoms with Crippen molar-refractivity contribution in [2.24, 2.45) is 5.14 Å². The maximum atomic E-state index is 12.4. The molecule has 6 nitrogen and oxygen atoms in total. The van der Waals surface area contributed by atoms with Gasteiger partial charge in [0.15, 0.2) is 0 Å². The highest BCUT2D eigenvalue weighted by Gasteiger charge is 2.27. The Balaban J connectivity index is 1.73. The fourth-order valence-corrected chi connectivity index (χ4v) is 3.54. The average molecular weight is 345 g/mol. The minimum absolute atomic E-state index is 0.0276. The summed E-state index contributed by atoms with van der Waals surface area (Å²) in [4.78, 5) is 14.4. The number of hydrogen-bond acceptors (Lipinski definition) is 4. The number of anilines is 2. The Bertz CT molecular complexity index is 880. The largest absolute Gasteiger partial charge is 0.359 e. The van der Waals surface area contributed by atoms with Crippen LogP contribution in [0.15, 0.2) is 53.4 Å². The number of nitrogens with two attached hydrogens (primary N) is 1. The molecule has 1 aliphatic heterocycles. The zero-order chi connectivity index (χ0) is 17.3. The zero-order valence-electron chi connectivity index (χ0n) is 13.3. The number of fused-ring (bicyclic) bond motifs is 1. The third-order valence-corrected chi connectivity index (χ3v) is 5.02. The molecule has 0 unspecified atom stereocenters. The van der Waals surface area contributed by atoms with Gasteiger partial charge in [0, 0.05) is 17.4 Å². The van der Waals surface area contributed by atoms with E-state index in [2.05, 4.69) is 18.3 Å². The summed E-state index contributed by atoms with van der Waals surface area (Å²) in [5.74, 6) is -0.204. The van der Waals surface area contributed by atoms with Gasteiger partial charge in [-0.3, -0.25) is 4.79 Å². The summed E-state index contributed by atoms with van der Waals surface area (Å²) in [5, 5.41) is 7.84. The molecule has 0 bridgehead atoms. The van der Waals surface area contributed by atoms with E-state index in [0.717, 1.165) is 12.1 Å². The van der Waals surface area contributed by atoms with E-state index in [1.54, 1.807) is 12.1 Å². The van der Waals surface area contributed by atoms with Crippen molar-refractivity contribution in [3.63, 3.8) is 0 Å². The second kappa shape index (κ2) is 6.26. The third kappa shape index (κ3) is 3.42. The van der Waals surface area contributed by atoms with E-state index in [4.69, 9.17) is 5.14 Å². The molecule has 0 saturated carbocycles. The van der Waals surface area contributed by atoms with Gasteiger partial charge in [0.2, 0.25) is 15.9 Å². The number of para-hydroxylation sites is 1. The number of hydrogen-bond donors (Lipinski definition) is 2. The second-order valence-corrected chi connectivity index (χ2v) is 7.49. The number of sulfonamides is 1. The Morgan fingerprint density at radius 3 is 2.75 bits per heavy atom. The molecular weight excluding hydrogens is 326 g/mol. The van der Waals surface area contributed by atoms with Gasteiger partial charge in [-0.1, -0.05) is 24.3 Å². The van der Waals surface area contributed by atoms with Gasteiger partial charge in [-0.05, 0) is 43.2 Å². The minimum Gasteiger partial charge on any atom is -0.359 e. The smallest absolute Gasteiger partial charge is 0.243 e. The monoisotopic (exact) mass is 345 g/mol. The molecular formula is C17H19N3O3S. The molecule has 0 radical (unpaired) electrons. The number of amides is 1. The highest BCUT2D eigenvalue weighted by molar-refractivity contribution is 7.89. The quantitative estimate of drug-likeness (QED) is 0.882. The Morgan fingerprint density at radius 1 is 1.25 bits per heavy atom. The Hall–Kier alpha value is -2.38. The van der Waals surface area contributed by atoms with Crippen molar-refractivity contribution < 1.29 is 13.2 Å². The predicted octanol–water partition coefficient (Wildman–Crippen LogP) is 1.72. The van der Waals surface area contributed by atoms with E-state index in [9.17, 15) is 13.2 Å². The number of benzene rings is 2. The van der Waals surface area contributed by atoms with Crippen molar-refractivity contribution >= 4 is 27.3 Å². The number of nitrogens with one attached hydrogen (secondary N) is 1. The lowest BCUT2D eigenvalue weighted by molar-refractivity contribution is -0.115. The van der Waals surface area contributed by atoms with Crippen LogP contribution in [0.2, 0.25) is 0 Å². The molecule has 1 atom stereocenters. The Labute approximate surface area is 141 Å². The van der Waals surface area contributed by atoms with Crippen LogP contribution in [0.5, 0.6) is 0 Å². The zero-order valence-corrected chi connectivity index (χ0v) is 14.1. The molecule has 0 saturated heterocycles. The summed E-state index contributed by atoms with van der Waals surface area (Å²) in [6.07, 6.45) is 0.907. The highest BCUT2D eigenvalue weighted by atomic mass is 32.2. The van der Waals surface area contributed by atoms with Gasteiger partial charge >= 0.3 is 0 Å². The normalized spacial score (nSPS) is 16.8. The fourth-order valence-electron chi connectivity index (χ4n) is 2.98. The Morgan fingerprint density at radius 2 is 2.00 bits per heavy atom. The molecule has 126 valence electrons. The van der Waals surface area contributed by atoms with Crippen LogP contribution in [0.1, 0.15) is 12.5 Å². The minimum atomic E-state index is -3.79. The van der Waals surface area contributed by atoms with E-state index in [1.807, 2.05) is 23.1 Å². The maximum Gasteiger partial charge on any atom is 0.243 e. The van der Waals surface area contributed by atoms with Crippen LogP contribution < -0.4 is 15.4 Å². The van der Waals surface area contributed by atoms with Crippen LogP contribution in [0, 0.1) is 0 Å². The van der Waals surface area contributed by atoms with Crippen molar-refractivity contribution in [3.05, 3.63) is 54.1 Å². The first-order chi connectivity index (χ1) is 11.3. The summed E-state index contributed by atoms with van der Waals surface area (Å²) in [6.45, 7) is 2.28. The van der Waals surface area contributed by atoms with Gasteiger partial charge in [0.1, 0.15) is 0 Å². The van der Waals surface area contributed by atoms with Crippen molar-refractivity contribution in [2.45, 2.75) is 24.3 Å². The van der Waals surface area contributed by atoms with Crippen LogP contribution in [-0.4, -0.2) is 26.9 Å². The van der Waals surface area contributed by atoms with Crippen molar-refractivity contribution in [2.75, 3.05) is 16.8 Å². The lowest BCUT2D eigenvalue weighted by atomic mass is 10.1. The van der Waals surface area contributed by atoms with Crippen LogP contribution in [-0.2, 0) is 21.2 Å². The molecule has 3 rings (SSSR count). The number of rotatable bonds is 4. The van der Waals surface area contributed by atoms with Crippen molar-refractivity contribution in [1.29, 1.82) is 0 Å². The lowest BCUT2D eigenvalue weighted by Crippen LogP contribution is -2.37. The summed E-state index contributed by atoms with van der Waals surface area (Å²) in [7, 11) is -3.79. The molecule has 1 amide bonds. The molecule has 2 aromatic rings. The molecule has 0 spiro atoms. The van der Waals surface area contributed by atoms with E-state index >= 15 is 0 Å². The first kappa shape index (κ1) is 16.5. The first-order valence-corrected chi connectivity index (χ1v) is 9.16. The molecule has 0 fully saturated rings. The van der Waals surface area contributed by atoms with Crippen LogP contribution >= 0.6 is 0 Å². The van der Waals surface area contributed by atoms with E-state index in [-0.39, 0.29) is 23.4 Å². The molecule has 24 heavy (non-hydrogen) atoms. The van der Waals surface area contributed by atoms with E-state index in [1.165, 1.54) is 17.7 Å². The van der Waals surface area contributed by atoms with Gasteiger partial charge in [-0.2, -0.15) is 0 Å². The topological polar surface area (TPSA) is 92.5 Å². The van der Waals surface area contributed by atoms with Crippen LogP contribution in [0.4, 0.5) is 11.4 Å². The predicted molar refractivity (Wildman–Crippen MR) is 93.4 cm³/mol. The van der Waals surface area contributed by atoms with Crippen LogP contribution in [0.25, 0.3) is 0 Å². The number of nitrogens with zero attached hydrogens (tertiary/aromatic N) is 1. The van der Waals surface area contributed by atoms with Crippen molar-refractivity contribution in [3.8, 4) is 0 Å². The second-order valence-electron chi connectivity index (χ2n) is 5.93. The number of carbonyl (C=O) groups excluding carboxylic acids is 1. The maximum absolute atomic E-state index is 12.4. The first-order valence-electron chi connectivity index (χ1n) is 7.62. The van der Waals surface area contributed by atoms with Gasteiger partial charge in [0.25, 0.3) is 0 Å².